The van der Waals surface area contributed by atoms with Crippen LogP contribution < -0.4 is 11.3 Å². The summed E-state index contributed by atoms with van der Waals surface area (Å²) >= 11 is 0. The molecule has 3 aromatic rings. The van der Waals surface area contributed by atoms with E-state index in [0.717, 1.165) is 24.2 Å². The van der Waals surface area contributed by atoms with E-state index in [9.17, 15) is 9.59 Å². The summed E-state index contributed by atoms with van der Waals surface area (Å²) < 4.78 is 3.50. The third-order valence-electron chi connectivity index (χ3n) is 5.96. The Morgan fingerprint density at radius 3 is 2.69 bits per heavy atom. The number of rotatable bonds is 5. The molecule has 154 valence electrons. The van der Waals surface area contributed by atoms with Crippen molar-refractivity contribution in [3.05, 3.63) is 28.3 Å². The molecule has 1 aliphatic rings. The summed E-state index contributed by atoms with van der Waals surface area (Å²) in [6.07, 6.45) is 3.34. The fraction of sp³-hybridized carbons (Fsp3) is 0.500. The van der Waals surface area contributed by atoms with Gasteiger partial charge in [0.2, 0.25) is 5.91 Å². The van der Waals surface area contributed by atoms with Gasteiger partial charge in [0.25, 0.3) is 5.56 Å². The summed E-state index contributed by atoms with van der Waals surface area (Å²) in [5.41, 5.74) is 8.85. The first-order valence-corrected chi connectivity index (χ1v) is 9.97. The Kier molecular flexibility index (Phi) is 4.68. The lowest BCUT2D eigenvalue weighted by Gasteiger charge is -2.20. The van der Waals surface area contributed by atoms with Gasteiger partial charge >= 0.3 is 0 Å². The average molecular weight is 397 g/mol. The summed E-state index contributed by atoms with van der Waals surface area (Å²) in [6, 6.07) is 1.96. The van der Waals surface area contributed by atoms with Crippen LogP contribution in [0.1, 0.15) is 45.3 Å². The van der Waals surface area contributed by atoms with E-state index in [1.807, 2.05) is 31.1 Å². The molecular weight excluding hydrogens is 370 g/mol. The number of nitrogens with zero attached hydrogens (tertiary/aromatic N) is 5. The Morgan fingerprint density at radius 1 is 1.28 bits per heavy atom. The quantitative estimate of drug-likeness (QED) is 0.684. The molecule has 4 heterocycles. The number of anilines is 1. The maximum Gasteiger partial charge on any atom is 0.264 e. The minimum absolute atomic E-state index is 0.00893. The zero-order valence-electron chi connectivity index (χ0n) is 17.3. The summed E-state index contributed by atoms with van der Waals surface area (Å²) in [7, 11) is 1.87. The lowest BCUT2D eigenvalue weighted by molar-refractivity contribution is -0.128. The molecule has 0 aliphatic carbocycles. The van der Waals surface area contributed by atoms with Crippen LogP contribution in [-0.4, -0.2) is 41.9 Å². The Balaban J connectivity index is 1.84. The van der Waals surface area contributed by atoms with Crippen molar-refractivity contribution in [1.82, 2.24) is 29.4 Å². The van der Waals surface area contributed by atoms with Crippen molar-refractivity contribution in [1.29, 1.82) is 0 Å². The third-order valence-corrected chi connectivity index (χ3v) is 5.96. The average Bonchev–Trinajstić information content (AvgIpc) is 3.36. The Morgan fingerprint density at radius 2 is 2.03 bits per heavy atom. The van der Waals surface area contributed by atoms with Gasteiger partial charge in [0.1, 0.15) is 5.39 Å². The highest BCUT2D eigenvalue weighted by Gasteiger charge is 2.24. The molecule has 9 nitrogen and oxygen atoms in total. The number of hydrogen-bond acceptors (Lipinski definition) is 5. The van der Waals surface area contributed by atoms with E-state index in [-0.39, 0.29) is 29.2 Å². The molecular formula is C20H27N7O2. The molecule has 0 bridgehead atoms. The number of fused-ring (bicyclic) bond motifs is 1. The Labute approximate surface area is 168 Å². The number of nitrogen functional groups attached to an aromatic ring is 1. The van der Waals surface area contributed by atoms with Gasteiger partial charge in [-0.15, -0.1) is 0 Å². The number of aromatic amines is 1. The predicted molar refractivity (Wildman–Crippen MR) is 111 cm³/mol. The molecule has 3 N–H and O–H groups in total. The molecule has 29 heavy (non-hydrogen) atoms. The SMILES string of the molecule is CC(C)[C@H](C)n1cc(-c2cc(CN3CCCC3=O)n(C)n2)c2[nH]nc(N)c2c1=O. The first-order valence-electron chi connectivity index (χ1n) is 9.97. The van der Waals surface area contributed by atoms with E-state index in [2.05, 4.69) is 29.1 Å². The van der Waals surface area contributed by atoms with E-state index >= 15 is 0 Å². The van der Waals surface area contributed by atoms with E-state index in [4.69, 9.17) is 5.73 Å². The van der Waals surface area contributed by atoms with Crippen LogP contribution in [0.15, 0.2) is 17.1 Å². The first kappa shape index (κ1) is 19.2. The minimum atomic E-state index is -0.157. The molecule has 3 aromatic heterocycles. The molecule has 0 saturated carbocycles. The van der Waals surface area contributed by atoms with E-state index in [1.165, 1.54) is 0 Å². The molecule has 0 spiro atoms. The molecule has 1 fully saturated rings. The van der Waals surface area contributed by atoms with Crippen LogP contribution in [0.25, 0.3) is 22.2 Å². The van der Waals surface area contributed by atoms with E-state index in [0.29, 0.717) is 29.6 Å². The Bertz CT molecular complexity index is 1140. The monoisotopic (exact) mass is 397 g/mol. The van der Waals surface area contributed by atoms with Gasteiger partial charge in [-0.25, -0.2) is 0 Å². The highest BCUT2D eigenvalue weighted by atomic mass is 16.2. The molecule has 0 aromatic carbocycles. The number of pyridine rings is 1. The zero-order valence-corrected chi connectivity index (χ0v) is 17.3. The van der Waals surface area contributed by atoms with Crippen LogP contribution in [-0.2, 0) is 18.4 Å². The minimum Gasteiger partial charge on any atom is -0.382 e. The largest absolute Gasteiger partial charge is 0.382 e. The van der Waals surface area contributed by atoms with Gasteiger partial charge in [0, 0.05) is 37.8 Å². The second kappa shape index (κ2) is 7.06. The van der Waals surface area contributed by atoms with Crippen LogP contribution in [0, 0.1) is 5.92 Å². The number of H-pyrrole nitrogens is 1. The number of amides is 1. The molecule has 0 unspecified atom stereocenters. The maximum absolute atomic E-state index is 13.0. The number of aryl methyl sites for hydroxylation is 1. The fourth-order valence-corrected chi connectivity index (χ4v) is 3.83. The van der Waals surface area contributed by atoms with Crippen molar-refractivity contribution in [3.63, 3.8) is 0 Å². The van der Waals surface area contributed by atoms with E-state index < -0.39 is 0 Å². The van der Waals surface area contributed by atoms with Gasteiger partial charge in [-0.05, 0) is 25.3 Å². The zero-order chi connectivity index (χ0) is 20.9. The highest BCUT2D eigenvalue weighted by molar-refractivity contribution is 5.97. The lowest BCUT2D eigenvalue weighted by atomic mass is 10.0. The summed E-state index contributed by atoms with van der Waals surface area (Å²) in [6.45, 7) is 7.47. The molecule has 1 amide bonds. The molecule has 0 radical (unpaired) electrons. The lowest BCUT2D eigenvalue weighted by Crippen LogP contribution is -2.26. The third kappa shape index (κ3) is 3.20. The van der Waals surface area contributed by atoms with Gasteiger partial charge in [-0.1, -0.05) is 13.8 Å². The van der Waals surface area contributed by atoms with Crippen molar-refractivity contribution in [2.75, 3.05) is 12.3 Å². The number of nitrogens with two attached hydrogens (primary N) is 1. The fourth-order valence-electron chi connectivity index (χ4n) is 3.83. The van der Waals surface area contributed by atoms with Crippen molar-refractivity contribution in [3.8, 4) is 11.3 Å². The van der Waals surface area contributed by atoms with Crippen molar-refractivity contribution >= 4 is 22.6 Å². The highest BCUT2D eigenvalue weighted by Crippen LogP contribution is 2.29. The Hall–Kier alpha value is -3.10. The number of carbonyl (C=O) groups is 1. The molecule has 1 atom stereocenters. The van der Waals surface area contributed by atoms with Crippen LogP contribution >= 0.6 is 0 Å². The molecule has 4 rings (SSSR count). The number of likely N-dealkylation sites (tertiary alicyclic amines) is 1. The standard InChI is InChI=1S/C20H27N7O2/c1-11(2)12(3)27-10-14(18-17(20(27)29)19(21)23-22-18)15-8-13(25(4)24-15)9-26-7-5-6-16(26)28/h8,10-12H,5-7,9H2,1-4H3,(H3,21,22,23)/t12-/m0/s1. The first-order chi connectivity index (χ1) is 13.8. The van der Waals surface area contributed by atoms with Gasteiger partial charge in [0.05, 0.1) is 23.4 Å². The van der Waals surface area contributed by atoms with Crippen LogP contribution in [0.3, 0.4) is 0 Å². The smallest absolute Gasteiger partial charge is 0.264 e. The maximum atomic E-state index is 13.0. The van der Waals surface area contributed by atoms with E-state index in [1.54, 1.807) is 9.25 Å². The van der Waals surface area contributed by atoms with Crippen LogP contribution in [0.4, 0.5) is 5.82 Å². The summed E-state index contributed by atoms with van der Waals surface area (Å²) in [5.74, 6) is 0.637. The second-order valence-electron chi connectivity index (χ2n) is 8.16. The number of nitrogens with one attached hydrogen (secondary N) is 1. The van der Waals surface area contributed by atoms with Crippen molar-refractivity contribution < 1.29 is 4.79 Å². The molecule has 1 saturated heterocycles. The van der Waals surface area contributed by atoms with Gasteiger partial charge in [-0.3, -0.25) is 19.4 Å². The van der Waals surface area contributed by atoms with Crippen molar-refractivity contribution in [2.45, 2.75) is 46.2 Å². The topological polar surface area (TPSA) is 115 Å². The summed E-state index contributed by atoms with van der Waals surface area (Å²) in [5, 5.41) is 12.0. The summed E-state index contributed by atoms with van der Waals surface area (Å²) in [4.78, 5) is 26.9. The number of hydrogen-bond donors (Lipinski definition) is 2. The predicted octanol–water partition coefficient (Wildman–Crippen LogP) is 2.05. The number of aromatic nitrogens is 5. The second-order valence-corrected chi connectivity index (χ2v) is 8.16. The van der Waals surface area contributed by atoms with Gasteiger partial charge in [0.15, 0.2) is 5.82 Å². The van der Waals surface area contributed by atoms with Crippen LogP contribution in [0.2, 0.25) is 0 Å². The molecule has 1 aliphatic heterocycles. The normalized spacial score (nSPS) is 15.8. The van der Waals surface area contributed by atoms with Crippen LogP contribution in [0.5, 0.6) is 0 Å². The van der Waals surface area contributed by atoms with Crippen molar-refractivity contribution in [2.24, 2.45) is 13.0 Å². The van der Waals surface area contributed by atoms with Gasteiger partial charge < -0.3 is 15.2 Å². The number of carbonyl (C=O) groups excluding carboxylic acids is 1. The molecule has 9 heteroatoms. The van der Waals surface area contributed by atoms with Gasteiger partial charge in [-0.2, -0.15) is 10.2 Å².